The number of nitrogens with zero attached hydrogens (tertiary/aromatic N) is 1. The number of benzene rings is 2. The molecule has 0 unspecified atom stereocenters. The summed E-state index contributed by atoms with van der Waals surface area (Å²) in [4.78, 5) is 14.4. The van der Waals surface area contributed by atoms with Crippen molar-refractivity contribution in [1.82, 2.24) is 4.90 Å². The van der Waals surface area contributed by atoms with E-state index < -0.39 is 0 Å². The molecule has 0 bridgehead atoms. The lowest BCUT2D eigenvalue weighted by atomic mass is 9.98. The Morgan fingerprint density at radius 2 is 1.65 bits per heavy atom. The summed E-state index contributed by atoms with van der Waals surface area (Å²) in [5.74, 6) is 1.50. The fourth-order valence-corrected chi connectivity index (χ4v) is 2.84. The van der Waals surface area contributed by atoms with E-state index in [-0.39, 0.29) is 11.7 Å². The van der Waals surface area contributed by atoms with Crippen molar-refractivity contribution in [2.75, 3.05) is 20.8 Å². The second-order valence-corrected chi connectivity index (χ2v) is 5.50. The molecule has 1 aliphatic rings. The van der Waals surface area contributed by atoms with E-state index in [9.17, 15) is 9.90 Å². The predicted molar refractivity (Wildman–Crippen MR) is 86.1 cm³/mol. The van der Waals surface area contributed by atoms with E-state index >= 15 is 0 Å². The zero-order valence-corrected chi connectivity index (χ0v) is 13.2. The highest BCUT2D eigenvalue weighted by Gasteiger charge is 2.23. The maximum atomic E-state index is 12.6. The minimum Gasteiger partial charge on any atom is -0.508 e. The Morgan fingerprint density at radius 3 is 2.26 bits per heavy atom. The van der Waals surface area contributed by atoms with Gasteiger partial charge in [0.2, 0.25) is 0 Å². The van der Waals surface area contributed by atoms with Crippen LogP contribution in [0.5, 0.6) is 17.2 Å². The van der Waals surface area contributed by atoms with Gasteiger partial charge in [0.05, 0.1) is 14.2 Å². The van der Waals surface area contributed by atoms with Gasteiger partial charge >= 0.3 is 0 Å². The molecule has 0 radical (unpaired) electrons. The van der Waals surface area contributed by atoms with Crippen LogP contribution in [0.4, 0.5) is 0 Å². The molecule has 3 rings (SSSR count). The normalized spacial score (nSPS) is 13.4. The number of hydrogen-bond donors (Lipinski definition) is 1. The van der Waals surface area contributed by atoms with Gasteiger partial charge in [-0.15, -0.1) is 0 Å². The fraction of sp³-hybridized carbons (Fsp3) is 0.278. The molecule has 0 fully saturated rings. The van der Waals surface area contributed by atoms with Crippen LogP contribution in [-0.2, 0) is 13.0 Å². The van der Waals surface area contributed by atoms with Gasteiger partial charge in [0.15, 0.2) is 11.5 Å². The highest BCUT2D eigenvalue weighted by atomic mass is 16.5. The van der Waals surface area contributed by atoms with Crippen LogP contribution in [0.3, 0.4) is 0 Å². The topological polar surface area (TPSA) is 59.0 Å². The number of amides is 1. The van der Waals surface area contributed by atoms with Crippen LogP contribution < -0.4 is 9.47 Å². The summed E-state index contributed by atoms with van der Waals surface area (Å²) in [6.07, 6.45) is 0.777. The minimum absolute atomic E-state index is 0.0366. The fourth-order valence-electron chi connectivity index (χ4n) is 2.84. The zero-order valence-electron chi connectivity index (χ0n) is 13.2. The zero-order chi connectivity index (χ0) is 16.4. The molecule has 2 aromatic carbocycles. The summed E-state index contributed by atoms with van der Waals surface area (Å²) in [7, 11) is 3.22. The second-order valence-electron chi connectivity index (χ2n) is 5.50. The Balaban J connectivity index is 1.84. The molecule has 1 heterocycles. The lowest BCUT2D eigenvalue weighted by molar-refractivity contribution is 0.0734. The third kappa shape index (κ3) is 2.95. The number of methoxy groups -OCH3 is 2. The van der Waals surface area contributed by atoms with Crippen LogP contribution in [-0.4, -0.2) is 36.7 Å². The number of carbonyl (C=O) groups is 1. The molecule has 1 amide bonds. The summed E-state index contributed by atoms with van der Waals surface area (Å²) in [5.41, 5.74) is 2.82. The van der Waals surface area contributed by atoms with Gasteiger partial charge in [0.1, 0.15) is 5.75 Å². The van der Waals surface area contributed by atoms with Crippen LogP contribution in [0.15, 0.2) is 36.4 Å². The smallest absolute Gasteiger partial charge is 0.254 e. The molecule has 5 nitrogen and oxygen atoms in total. The molecule has 2 aromatic rings. The summed E-state index contributed by atoms with van der Waals surface area (Å²) in [6, 6.07) is 10.3. The van der Waals surface area contributed by atoms with Gasteiger partial charge in [0, 0.05) is 18.7 Å². The van der Waals surface area contributed by atoms with Gasteiger partial charge in [-0.25, -0.2) is 0 Å². The molecule has 0 aromatic heterocycles. The molecule has 0 saturated carbocycles. The Bertz CT molecular complexity index is 725. The number of phenols is 1. The lowest BCUT2D eigenvalue weighted by Crippen LogP contribution is -2.36. The number of phenolic OH excluding ortho intramolecular Hbond substituents is 1. The number of fused-ring (bicyclic) bond motifs is 1. The Morgan fingerprint density at radius 1 is 1.04 bits per heavy atom. The Hall–Kier alpha value is -2.69. The SMILES string of the molecule is COc1cc2c(cc1OC)CN(C(=O)c1ccc(O)cc1)CC2. The maximum Gasteiger partial charge on any atom is 0.254 e. The molecule has 0 saturated heterocycles. The minimum atomic E-state index is -0.0366. The van der Waals surface area contributed by atoms with E-state index in [1.807, 2.05) is 12.1 Å². The van der Waals surface area contributed by atoms with Crippen molar-refractivity contribution >= 4 is 5.91 Å². The predicted octanol–water partition coefficient (Wildman–Crippen LogP) is 2.61. The molecular weight excluding hydrogens is 294 g/mol. The van der Waals surface area contributed by atoms with Crippen molar-refractivity contribution in [2.45, 2.75) is 13.0 Å². The molecular formula is C18H19NO4. The van der Waals surface area contributed by atoms with E-state index in [2.05, 4.69) is 0 Å². The number of rotatable bonds is 3. The summed E-state index contributed by atoms with van der Waals surface area (Å²) in [5, 5.41) is 9.34. The molecule has 0 atom stereocenters. The molecule has 5 heteroatoms. The first-order chi connectivity index (χ1) is 11.1. The molecule has 120 valence electrons. The molecule has 23 heavy (non-hydrogen) atoms. The molecule has 1 N–H and O–H groups in total. The number of carbonyl (C=O) groups excluding carboxylic acids is 1. The third-order valence-electron chi connectivity index (χ3n) is 4.12. The van der Waals surface area contributed by atoms with Crippen LogP contribution in [0.1, 0.15) is 21.5 Å². The van der Waals surface area contributed by atoms with Crippen molar-refractivity contribution in [3.05, 3.63) is 53.1 Å². The quantitative estimate of drug-likeness (QED) is 0.946. The monoisotopic (exact) mass is 313 g/mol. The van der Waals surface area contributed by atoms with Crippen LogP contribution in [0, 0.1) is 0 Å². The van der Waals surface area contributed by atoms with Crippen LogP contribution in [0.2, 0.25) is 0 Å². The molecule has 0 aliphatic carbocycles. The van der Waals surface area contributed by atoms with Crippen LogP contribution in [0.25, 0.3) is 0 Å². The van der Waals surface area contributed by atoms with Crippen molar-refractivity contribution < 1.29 is 19.4 Å². The number of aromatic hydroxyl groups is 1. The third-order valence-corrected chi connectivity index (χ3v) is 4.12. The summed E-state index contributed by atoms with van der Waals surface area (Å²) >= 11 is 0. The standard InChI is InChI=1S/C18H19NO4/c1-22-16-9-13-7-8-19(11-14(13)10-17(16)23-2)18(21)12-3-5-15(20)6-4-12/h3-6,9-10,20H,7-8,11H2,1-2H3. The lowest BCUT2D eigenvalue weighted by Gasteiger charge is -2.29. The highest BCUT2D eigenvalue weighted by Crippen LogP contribution is 2.33. The van der Waals surface area contributed by atoms with E-state index in [1.165, 1.54) is 17.7 Å². The Labute approximate surface area is 135 Å². The average Bonchev–Trinajstić information content (AvgIpc) is 2.60. The summed E-state index contributed by atoms with van der Waals surface area (Å²) in [6.45, 7) is 1.19. The van der Waals surface area contributed by atoms with Gasteiger partial charge in [-0.3, -0.25) is 4.79 Å². The summed E-state index contributed by atoms with van der Waals surface area (Å²) < 4.78 is 10.7. The van der Waals surface area contributed by atoms with Crippen molar-refractivity contribution in [2.24, 2.45) is 0 Å². The van der Waals surface area contributed by atoms with E-state index in [1.54, 1.807) is 31.3 Å². The highest BCUT2D eigenvalue weighted by molar-refractivity contribution is 5.94. The van der Waals surface area contributed by atoms with Crippen LogP contribution >= 0.6 is 0 Å². The van der Waals surface area contributed by atoms with Gasteiger partial charge in [-0.05, 0) is 53.9 Å². The van der Waals surface area contributed by atoms with Gasteiger partial charge in [-0.2, -0.15) is 0 Å². The van der Waals surface area contributed by atoms with Crippen molar-refractivity contribution in [1.29, 1.82) is 0 Å². The van der Waals surface area contributed by atoms with Crippen molar-refractivity contribution in [3.8, 4) is 17.2 Å². The maximum absolute atomic E-state index is 12.6. The number of ether oxygens (including phenoxy) is 2. The average molecular weight is 313 g/mol. The van der Waals surface area contributed by atoms with E-state index in [0.29, 0.717) is 30.2 Å². The van der Waals surface area contributed by atoms with Gasteiger partial charge in [-0.1, -0.05) is 0 Å². The largest absolute Gasteiger partial charge is 0.508 e. The first-order valence-electron chi connectivity index (χ1n) is 7.44. The molecule has 1 aliphatic heterocycles. The van der Waals surface area contributed by atoms with Gasteiger partial charge in [0.25, 0.3) is 5.91 Å². The number of hydrogen-bond acceptors (Lipinski definition) is 4. The second kappa shape index (κ2) is 6.20. The van der Waals surface area contributed by atoms with E-state index in [0.717, 1.165) is 12.0 Å². The van der Waals surface area contributed by atoms with E-state index in [4.69, 9.17) is 9.47 Å². The van der Waals surface area contributed by atoms with Gasteiger partial charge < -0.3 is 19.5 Å². The molecule has 0 spiro atoms. The first-order valence-corrected chi connectivity index (χ1v) is 7.44. The van der Waals surface area contributed by atoms with Crippen molar-refractivity contribution in [3.63, 3.8) is 0 Å². The first kappa shape index (κ1) is 15.2. The Kier molecular flexibility index (Phi) is 4.10.